The maximum absolute atomic E-state index is 8.74. The second-order valence-corrected chi connectivity index (χ2v) is 4.03. The molecule has 192 valence electrons. The van der Waals surface area contributed by atoms with Crippen LogP contribution in [0.4, 0.5) is 0 Å². The first-order valence-corrected chi connectivity index (χ1v) is 6.29. The minimum Gasteiger partial charge on any atom is -0.412 e. The summed E-state index contributed by atoms with van der Waals surface area (Å²) in [6, 6.07) is 0. The zero-order valence-electron chi connectivity index (χ0n) is 11.8. The second-order valence-electron chi connectivity index (χ2n) is 1.34. The quantitative estimate of drug-likeness (QED) is 0.103. The summed E-state index contributed by atoms with van der Waals surface area (Å²) < 4.78 is 94.8. The van der Waals surface area contributed by atoms with Gasteiger partial charge in [0.25, 0.3) is 0 Å². The van der Waals surface area contributed by atoms with Gasteiger partial charge in [-0.25, -0.2) is 0 Å². The van der Waals surface area contributed by atoms with Crippen LogP contribution in [-0.2, 0) is 31.2 Å². The highest BCUT2D eigenvalue weighted by Crippen LogP contribution is 1.60. The summed E-state index contributed by atoms with van der Waals surface area (Å²) in [6.07, 6.45) is 0. The first-order valence-electron chi connectivity index (χ1n) is 2.10. The molecule has 0 unspecified atom stereocenters. The Morgan fingerprint density at radius 3 is 0.296 bits per heavy atom. The lowest BCUT2D eigenvalue weighted by atomic mass is 15.8. The maximum atomic E-state index is 8.74. The third-order valence-electron chi connectivity index (χ3n) is 0. The lowest BCUT2D eigenvalue weighted by Crippen LogP contribution is -1.89. The molecule has 18 N–H and O–H groups in total. The first-order chi connectivity index (χ1) is 6.00. The van der Waals surface area contributed by atoms with E-state index < -0.39 is 31.2 Å². The minimum absolute atomic E-state index is 0. The molecule has 0 aliphatic heterocycles. The van der Waals surface area contributed by atoms with Crippen LogP contribution in [0.5, 0.6) is 0 Å². The van der Waals surface area contributed by atoms with Gasteiger partial charge >= 0.3 is 31.2 Å². The summed E-state index contributed by atoms with van der Waals surface area (Å²) in [4.78, 5) is 0. The highest BCUT2D eigenvalue weighted by molar-refractivity contribution is 14.0. The molecule has 18 nitrogen and oxygen atoms in total. The smallest absolute Gasteiger partial charge is 0.394 e. The number of rotatable bonds is 0. The third-order valence-corrected chi connectivity index (χ3v) is 0. The normalized spacial score (nSPS) is 6.44. The van der Waals surface area contributed by atoms with Gasteiger partial charge in [-0.1, -0.05) is 0 Å². The van der Waals surface area contributed by atoms with E-state index in [-0.39, 0.29) is 177 Å². The van der Waals surface area contributed by atoms with Crippen LogP contribution in [0.2, 0.25) is 0 Å². The minimum atomic E-state index is -4.67. The standard InChI is InChI=1S/6HI.3H2O4S.6H2O/c;;;;;;3*1-5(2,3)4;;;;;;/h6*1H;3*(H2,1,2,3,4);6*1H2. The van der Waals surface area contributed by atoms with Crippen LogP contribution in [0.25, 0.3) is 0 Å². The molecular weight excluding hydrogens is 1150 g/mol. The maximum Gasteiger partial charge on any atom is 0.394 e. The van der Waals surface area contributed by atoms with Crippen LogP contribution in [0.1, 0.15) is 0 Å². The van der Waals surface area contributed by atoms with Crippen molar-refractivity contribution < 1.29 is 85.4 Å². The van der Waals surface area contributed by atoms with E-state index >= 15 is 0 Å². The topological polar surface area (TPSA) is 413 Å². The molecule has 0 heterocycles. The van der Waals surface area contributed by atoms with Crippen LogP contribution in [0.15, 0.2) is 0 Å². The van der Waals surface area contributed by atoms with Gasteiger partial charge in [-0.3, -0.25) is 27.3 Å². The van der Waals surface area contributed by atoms with Crippen LogP contribution in [-0.4, -0.2) is 85.4 Å². The van der Waals surface area contributed by atoms with Crippen LogP contribution >= 0.6 is 144 Å². The van der Waals surface area contributed by atoms with Gasteiger partial charge in [-0.15, -0.1) is 144 Å². The molecule has 0 aliphatic rings. The fraction of sp³-hybridized carbons (Fsp3) is 0. The predicted molar refractivity (Wildman–Crippen MR) is 157 cm³/mol. The first kappa shape index (κ1) is 110. The van der Waals surface area contributed by atoms with Crippen molar-refractivity contribution in [2.75, 3.05) is 0 Å². The van der Waals surface area contributed by atoms with Crippen molar-refractivity contribution in [3.63, 3.8) is 0 Å². The number of halogens is 6. The Kier molecular flexibility index (Phi) is 211. The van der Waals surface area contributed by atoms with Gasteiger partial charge in [0.05, 0.1) is 0 Å². The van der Waals surface area contributed by atoms with Gasteiger partial charge in [0.15, 0.2) is 0 Å². The van der Waals surface area contributed by atoms with Crippen molar-refractivity contribution in [3.05, 3.63) is 0 Å². The van der Waals surface area contributed by atoms with Gasteiger partial charge in [-0.2, -0.15) is 25.3 Å². The molecule has 27 heavy (non-hydrogen) atoms. The summed E-state index contributed by atoms with van der Waals surface area (Å²) in [7, 11) is -14.0. The Labute approximate surface area is 256 Å². The molecule has 0 fully saturated rings. The van der Waals surface area contributed by atoms with Gasteiger partial charge in [0.1, 0.15) is 0 Å². The van der Waals surface area contributed by atoms with Crippen molar-refractivity contribution in [2.24, 2.45) is 0 Å². The van der Waals surface area contributed by atoms with Crippen molar-refractivity contribution in [1.29, 1.82) is 0 Å². The van der Waals surface area contributed by atoms with Crippen LogP contribution in [0, 0.1) is 0 Å². The average Bonchev–Trinajstić information content (AvgIpc) is 1.41. The Morgan fingerprint density at radius 1 is 0.296 bits per heavy atom. The monoisotopic (exact) mass is 1170 g/mol. The molecule has 0 bridgehead atoms. The Hall–Kier alpha value is 3.75. The van der Waals surface area contributed by atoms with Gasteiger partial charge in [0.2, 0.25) is 0 Å². The fourth-order valence-corrected chi connectivity index (χ4v) is 0. The largest absolute Gasteiger partial charge is 0.412 e. The number of hydrogen-bond donors (Lipinski definition) is 6. The molecule has 0 atom stereocenters. The summed E-state index contributed by atoms with van der Waals surface area (Å²) in [5, 5.41) is 0. The van der Waals surface area contributed by atoms with E-state index in [0.29, 0.717) is 0 Å². The van der Waals surface area contributed by atoms with E-state index in [1.165, 1.54) is 0 Å². The molecule has 0 aromatic carbocycles. The van der Waals surface area contributed by atoms with E-state index in [4.69, 9.17) is 52.6 Å². The average molecular weight is 1170 g/mol. The fourth-order valence-electron chi connectivity index (χ4n) is 0. The second kappa shape index (κ2) is 52.0. The zero-order chi connectivity index (χ0) is 13.5. The Balaban J connectivity index is -0.00000000503. The highest BCUT2D eigenvalue weighted by Gasteiger charge is 1.85. The molecule has 0 aromatic rings. The predicted octanol–water partition coefficient (Wildman–Crippen LogP) is -3.20. The van der Waals surface area contributed by atoms with Gasteiger partial charge in [-0.05, 0) is 0 Å². The number of hydrogen-bond acceptors (Lipinski definition) is 6. The van der Waals surface area contributed by atoms with Crippen molar-refractivity contribution in [2.45, 2.75) is 0 Å². The van der Waals surface area contributed by atoms with E-state index in [9.17, 15) is 0 Å². The Morgan fingerprint density at radius 2 is 0.296 bits per heavy atom. The van der Waals surface area contributed by atoms with Crippen LogP contribution < -0.4 is 0 Å². The van der Waals surface area contributed by atoms with Gasteiger partial charge in [0, 0.05) is 0 Å². The van der Waals surface area contributed by atoms with Gasteiger partial charge < -0.3 is 32.9 Å². The molecule has 27 heteroatoms. The SMILES string of the molecule is I.I.I.I.I.I.O.O.O.O.O.O.O=S(=O)(O)O.O=S(=O)(O)O.O=S(=O)(O)O. The van der Waals surface area contributed by atoms with Crippen molar-refractivity contribution >= 4 is 175 Å². The lowest BCUT2D eigenvalue weighted by molar-refractivity contribution is 0.378. The van der Waals surface area contributed by atoms with Crippen molar-refractivity contribution in [1.82, 2.24) is 0 Å². The van der Waals surface area contributed by atoms with E-state index in [0.717, 1.165) is 0 Å². The summed E-state index contributed by atoms with van der Waals surface area (Å²) >= 11 is 0. The molecule has 0 saturated heterocycles. The summed E-state index contributed by atoms with van der Waals surface area (Å²) in [5.41, 5.74) is 0. The van der Waals surface area contributed by atoms with E-state index in [1.54, 1.807) is 0 Å². The third kappa shape index (κ3) is 1630. The highest BCUT2D eigenvalue weighted by atomic mass is 127. The molecule has 0 saturated carbocycles. The molecular formula is H24I6O18S3. The van der Waals surface area contributed by atoms with E-state index in [1.807, 2.05) is 0 Å². The lowest BCUT2D eigenvalue weighted by Gasteiger charge is -1.68. The Bertz CT molecular complexity index is 354. The molecule has 0 spiro atoms. The molecule has 0 aliphatic carbocycles. The van der Waals surface area contributed by atoms with Crippen molar-refractivity contribution in [3.8, 4) is 0 Å². The molecule has 0 aromatic heterocycles. The molecule has 0 radical (unpaired) electrons. The summed E-state index contributed by atoms with van der Waals surface area (Å²) in [5.74, 6) is 0. The molecule has 0 rings (SSSR count). The van der Waals surface area contributed by atoms with Crippen LogP contribution in [0.3, 0.4) is 0 Å². The zero-order valence-corrected chi connectivity index (χ0v) is 28.2. The molecule has 0 amide bonds. The van der Waals surface area contributed by atoms with E-state index in [2.05, 4.69) is 0 Å². The summed E-state index contributed by atoms with van der Waals surface area (Å²) in [6.45, 7) is 0.